The van der Waals surface area contributed by atoms with Crippen LogP contribution >= 0.6 is 11.3 Å². The van der Waals surface area contributed by atoms with E-state index in [-0.39, 0.29) is 5.91 Å². The fourth-order valence-corrected chi connectivity index (χ4v) is 4.38. The highest BCUT2D eigenvalue weighted by atomic mass is 32.1. The summed E-state index contributed by atoms with van der Waals surface area (Å²) in [6.45, 7) is 5.74. The molecule has 2 heterocycles. The van der Waals surface area contributed by atoms with E-state index in [0.717, 1.165) is 50.2 Å². The number of methoxy groups -OCH3 is 2. The molecule has 32 heavy (non-hydrogen) atoms. The second kappa shape index (κ2) is 8.88. The molecule has 7 heteroatoms. The molecule has 0 bridgehead atoms. The van der Waals surface area contributed by atoms with Gasteiger partial charge in [0.2, 0.25) is 5.91 Å². The molecular formula is C25H24N2O4S. The number of hydrogen-bond acceptors (Lipinski definition) is 6. The smallest absolute Gasteiger partial charge is 0.250 e. The van der Waals surface area contributed by atoms with Crippen LogP contribution in [-0.4, -0.2) is 25.1 Å². The van der Waals surface area contributed by atoms with Gasteiger partial charge < -0.3 is 13.9 Å². The average molecular weight is 449 g/mol. The number of aryl methyl sites for hydroxylation is 2. The molecule has 0 spiro atoms. The van der Waals surface area contributed by atoms with Gasteiger partial charge in [-0.1, -0.05) is 12.1 Å². The van der Waals surface area contributed by atoms with Gasteiger partial charge in [-0.3, -0.25) is 10.1 Å². The van der Waals surface area contributed by atoms with Gasteiger partial charge in [-0.2, -0.15) is 0 Å². The van der Waals surface area contributed by atoms with Gasteiger partial charge >= 0.3 is 0 Å². The van der Waals surface area contributed by atoms with Gasteiger partial charge in [-0.05, 0) is 50.1 Å². The average Bonchev–Trinajstić information content (AvgIpc) is 3.39. The van der Waals surface area contributed by atoms with Crippen LogP contribution in [0, 0.1) is 13.8 Å². The number of rotatable bonds is 6. The highest BCUT2D eigenvalue weighted by molar-refractivity contribution is 7.13. The van der Waals surface area contributed by atoms with Crippen LogP contribution in [0.2, 0.25) is 0 Å². The highest BCUT2D eigenvalue weighted by Gasteiger charge is 2.19. The SMILES string of the molecule is COc1ccc(-c2coc3c(C)c(OC)c(/C(C)=C/C(=O)Nc4nc(C)cs4)cc23)cc1. The van der Waals surface area contributed by atoms with Crippen LogP contribution in [0.4, 0.5) is 5.13 Å². The van der Waals surface area contributed by atoms with Gasteiger partial charge in [-0.15, -0.1) is 11.3 Å². The van der Waals surface area contributed by atoms with Crippen molar-refractivity contribution in [2.45, 2.75) is 20.8 Å². The Labute approximate surface area is 190 Å². The lowest BCUT2D eigenvalue weighted by molar-refractivity contribution is -0.111. The lowest BCUT2D eigenvalue weighted by Crippen LogP contribution is -2.08. The van der Waals surface area contributed by atoms with E-state index in [1.54, 1.807) is 26.6 Å². The zero-order chi connectivity index (χ0) is 22.8. The quantitative estimate of drug-likeness (QED) is 0.354. The van der Waals surface area contributed by atoms with Crippen molar-refractivity contribution in [1.82, 2.24) is 4.98 Å². The van der Waals surface area contributed by atoms with Crippen LogP contribution in [0.1, 0.15) is 23.7 Å². The molecule has 0 aliphatic heterocycles. The number of fused-ring (bicyclic) bond motifs is 1. The van der Waals surface area contributed by atoms with E-state index in [2.05, 4.69) is 10.3 Å². The summed E-state index contributed by atoms with van der Waals surface area (Å²) in [6, 6.07) is 9.84. The molecular weight excluding hydrogens is 424 g/mol. The first-order valence-corrected chi connectivity index (χ1v) is 10.9. The van der Waals surface area contributed by atoms with Crippen molar-refractivity contribution in [1.29, 1.82) is 0 Å². The van der Waals surface area contributed by atoms with E-state index < -0.39 is 0 Å². The summed E-state index contributed by atoms with van der Waals surface area (Å²) in [7, 11) is 3.27. The van der Waals surface area contributed by atoms with Gasteiger partial charge in [0.1, 0.15) is 17.1 Å². The van der Waals surface area contributed by atoms with E-state index in [9.17, 15) is 4.79 Å². The van der Waals surface area contributed by atoms with Crippen LogP contribution < -0.4 is 14.8 Å². The number of hydrogen-bond donors (Lipinski definition) is 1. The van der Waals surface area contributed by atoms with Crippen molar-refractivity contribution in [2.24, 2.45) is 0 Å². The van der Waals surface area contributed by atoms with Crippen LogP contribution in [0.3, 0.4) is 0 Å². The highest BCUT2D eigenvalue weighted by Crippen LogP contribution is 2.40. The van der Waals surface area contributed by atoms with E-state index >= 15 is 0 Å². The maximum atomic E-state index is 12.6. The molecule has 2 aromatic heterocycles. The lowest BCUT2D eigenvalue weighted by atomic mass is 9.96. The molecule has 164 valence electrons. The Hall–Kier alpha value is -3.58. The molecule has 6 nitrogen and oxygen atoms in total. The third-order valence-corrected chi connectivity index (χ3v) is 6.15. The molecule has 0 unspecified atom stereocenters. The predicted octanol–water partition coefficient (Wildman–Crippen LogP) is 6.23. The molecule has 1 amide bonds. The number of carbonyl (C=O) groups excluding carboxylic acids is 1. The Morgan fingerprint density at radius 3 is 2.53 bits per heavy atom. The number of anilines is 1. The summed E-state index contributed by atoms with van der Waals surface area (Å²) in [5.41, 5.74) is 6.09. The Bertz CT molecular complexity index is 1320. The largest absolute Gasteiger partial charge is 0.497 e. The molecule has 0 aliphatic rings. The summed E-state index contributed by atoms with van der Waals surface area (Å²) in [5.74, 6) is 1.24. The molecule has 0 saturated carbocycles. The van der Waals surface area contributed by atoms with Crippen LogP contribution in [0.5, 0.6) is 11.5 Å². The van der Waals surface area contributed by atoms with Crippen molar-refractivity contribution in [2.75, 3.05) is 19.5 Å². The Balaban J connectivity index is 1.76. The van der Waals surface area contributed by atoms with Gasteiger partial charge in [0.25, 0.3) is 0 Å². The minimum atomic E-state index is -0.237. The maximum Gasteiger partial charge on any atom is 0.250 e. The number of nitrogens with one attached hydrogen (secondary N) is 1. The van der Waals surface area contributed by atoms with Crippen molar-refractivity contribution in [3.05, 3.63) is 64.9 Å². The Morgan fingerprint density at radius 2 is 1.91 bits per heavy atom. The number of aromatic nitrogens is 1. The first kappa shape index (κ1) is 21.6. The van der Waals surface area contributed by atoms with Crippen LogP contribution in [-0.2, 0) is 4.79 Å². The van der Waals surface area contributed by atoms with Crippen molar-refractivity contribution in [3.8, 4) is 22.6 Å². The van der Waals surface area contributed by atoms with Crippen molar-refractivity contribution >= 4 is 38.9 Å². The number of amides is 1. The summed E-state index contributed by atoms with van der Waals surface area (Å²) in [5, 5.41) is 6.24. The van der Waals surface area contributed by atoms with Crippen molar-refractivity contribution < 1.29 is 18.7 Å². The molecule has 0 aliphatic carbocycles. The minimum absolute atomic E-state index is 0.237. The van der Waals surface area contributed by atoms with E-state index in [0.29, 0.717) is 10.9 Å². The number of nitrogens with zero attached hydrogens (tertiary/aromatic N) is 1. The summed E-state index contributed by atoms with van der Waals surface area (Å²) >= 11 is 1.40. The van der Waals surface area contributed by atoms with Crippen LogP contribution in [0.15, 0.2) is 52.5 Å². The number of ether oxygens (including phenoxy) is 2. The van der Waals surface area contributed by atoms with E-state index in [4.69, 9.17) is 13.9 Å². The molecule has 0 saturated heterocycles. The van der Waals surface area contributed by atoms with Gasteiger partial charge in [-0.25, -0.2) is 4.98 Å². The molecule has 0 atom stereocenters. The molecule has 4 rings (SSSR count). The molecule has 2 aromatic carbocycles. The maximum absolute atomic E-state index is 12.6. The van der Waals surface area contributed by atoms with E-state index in [1.807, 2.05) is 56.5 Å². The number of allylic oxidation sites excluding steroid dienone is 1. The topological polar surface area (TPSA) is 73.6 Å². The fourth-order valence-electron chi connectivity index (χ4n) is 3.69. The first-order valence-electron chi connectivity index (χ1n) is 10.1. The summed E-state index contributed by atoms with van der Waals surface area (Å²) in [4.78, 5) is 16.8. The van der Waals surface area contributed by atoms with Crippen LogP contribution in [0.25, 0.3) is 27.7 Å². The second-order valence-electron chi connectivity index (χ2n) is 7.45. The third-order valence-electron chi connectivity index (χ3n) is 5.27. The normalized spacial score (nSPS) is 11.6. The molecule has 0 radical (unpaired) electrons. The third kappa shape index (κ3) is 4.11. The van der Waals surface area contributed by atoms with Gasteiger partial charge in [0, 0.05) is 33.5 Å². The lowest BCUT2D eigenvalue weighted by Gasteiger charge is -2.13. The monoisotopic (exact) mass is 448 g/mol. The fraction of sp³-hybridized carbons (Fsp3) is 0.200. The zero-order valence-corrected chi connectivity index (χ0v) is 19.4. The standard InChI is InChI=1S/C25H24N2O4S/c1-14(10-22(28)27-25-26-15(2)13-32-25)19-11-20-21(17-6-8-18(29-4)9-7-17)12-31-24(20)16(3)23(19)30-5/h6-13H,1-5H3,(H,26,27,28)/b14-10+. The van der Waals surface area contributed by atoms with Gasteiger partial charge in [0.15, 0.2) is 5.13 Å². The number of furan rings is 1. The Kier molecular flexibility index (Phi) is 6.01. The first-order chi connectivity index (χ1) is 15.4. The summed E-state index contributed by atoms with van der Waals surface area (Å²) in [6.07, 6.45) is 3.31. The molecule has 0 fully saturated rings. The van der Waals surface area contributed by atoms with E-state index in [1.165, 1.54) is 11.3 Å². The summed E-state index contributed by atoms with van der Waals surface area (Å²) < 4.78 is 16.9. The molecule has 1 N–H and O–H groups in total. The number of benzene rings is 2. The van der Waals surface area contributed by atoms with Gasteiger partial charge in [0.05, 0.1) is 26.2 Å². The Morgan fingerprint density at radius 1 is 1.16 bits per heavy atom. The minimum Gasteiger partial charge on any atom is -0.497 e. The predicted molar refractivity (Wildman–Crippen MR) is 129 cm³/mol. The number of carbonyl (C=O) groups is 1. The van der Waals surface area contributed by atoms with Crippen molar-refractivity contribution in [3.63, 3.8) is 0 Å². The second-order valence-corrected chi connectivity index (χ2v) is 8.31. The number of thiazole rings is 1. The molecule has 4 aromatic rings. The zero-order valence-electron chi connectivity index (χ0n) is 18.6.